The first-order valence-corrected chi connectivity index (χ1v) is 10.5. The van der Waals surface area contributed by atoms with E-state index in [2.05, 4.69) is 23.5 Å². The average Bonchev–Trinajstić information content (AvgIpc) is 2.56. The first-order chi connectivity index (χ1) is 11.1. The normalized spacial score (nSPS) is 15.6. The molecule has 0 aromatic heterocycles. The van der Waals surface area contributed by atoms with E-state index in [-0.39, 0.29) is 0 Å². The Bertz CT molecular complexity index is 670. The zero-order valence-electron chi connectivity index (χ0n) is 14.2. The van der Waals surface area contributed by atoms with Crippen LogP contribution in [0.25, 0.3) is 0 Å². The molecule has 2 aromatic carbocycles. The number of rotatable bonds is 4. The lowest BCUT2D eigenvalue weighted by Crippen LogP contribution is -2.23. The van der Waals surface area contributed by atoms with Crippen molar-refractivity contribution in [1.82, 2.24) is 5.32 Å². The van der Waals surface area contributed by atoms with Gasteiger partial charge in [0.05, 0.1) is 6.16 Å². The van der Waals surface area contributed by atoms with Crippen LogP contribution < -0.4 is 9.84 Å². The van der Waals surface area contributed by atoms with Crippen molar-refractivity contribution in [2.24, 2.45) is 0 Å². The highest BCUT2D eigenvalue weighted by atomic mass is 31.2. The second-order valence-electron chi connectivity index (χ2n) is 5.61. The van der Waals surface area contributed by atoms with Crippen molar-refractivity contribution in [2.45, 2.75) is 33.0 Å². The van der Waals surface area contributed by atoms with Gasteiger partial charge in [0.2, 0.25) is 7.37 Å². The molecule has 0 fully saturated rings. The van der Waals surface area contributed by atoms with Crippen molar-refractivity contribution in [1.29, 1.82) is 0 Å². The van der Waals surface area contributed by atoms with E-state index >= 15 is 0 Å². The van der Waals surface area contributed by atoms with E-state index < -0.39 is 7.37 Å². The predicted molar refractivity (Wildman–Crippen MR) is 97.5 cm³/mol. The quantitative estimate of drug-likeness (QED) is 0.814. The van der Waals surface area contributed by atoms with E-state index in [4.69, 9.17) is 4.52 Å². The number of fused-ring (bicyclic) bond motifs is 1. The molecule has 1 aliphatic heterocycles. The van der Waals surface area contributed by atoms with E-state index in [1.165, 1.54) is 11.1 Å². The van der Waals surface area contributed by atoms with Crippen LogP contribution >= 0.6 is 7.37 Å². The van der Waals surface area contributed by atoms with Gasteiger partial charge in [0.15, 0.2) is 0 Å². The maximum Gasteiger partial charge on any atom is 0.249 e. The molecule has 0 bridgehead atoms. The third-order valence-corrected chi connectivity index (χ3v) is 5.21. The minimum absolute atomic E-state index is 0.475. The largest absolute Gasteiger partial charge is 0.443 e. The van der Waals surface area contributed by atoms with Crippen molar-refractivity contribution in [2.75, 3.05) is 13.2 Å². The molecule has 1 N–H and O–H groups in total. The number of benzene rings is 2. The zero-order valence-corrected chi connectivity index (χ0v) is 15.1. The molecule has 1 aliphatic rings. The molecular formula is C19H26NO2P. The van der Waals surface area contributed by atoms with Gasteiger partial charge in [-0.15, -0.1) is 0 Å². The topological polar surface area (TPSA) is 38.3 Å². The van der Waals surface area contributed by atoms with E-state index in [1.54, 1.807) is 6.66 Å². The van der Waals surface area contributed by atoms with Crippen LogP contribution in [-0.4, -0.2) is 13.2 Å². The van der Waals surface area contributed by atoms with Crippen LogP contribution in [0.2, 0.25) is 0 Å². The van der Waals surface area contributed by atoms with Gasteiger partial charge in [0, 0.05) is 13.2 Å². The van der Waals surface area contributed by atoms with Crippen LogP contribution in [0.15, 0.2) is 48.5 Å². The first kappa shape index (κ1) is 17.8. The maximum atomic E-state index is 12.7. The van der Waals surface area contributed by atoms with Crippen LogP contribution in [0, 0.1) is 0 Å². The molecule has 0 aliphatic carbocycles. The lowest BCUT2D eigenvalue weighted by Gasteiger charge is -2.19. The molecule has 1 heterocycles. The van der Waals surface area contributed by atoms with Crippen LogP contribution in [-0.2, 0) is 23.7 Å². The van der Waals surface area contributed by atoms with E-state index in [0.717, 1.165) is 25.1 Å². The number of hydrogen-bond donors (Lipinski definition) is 1. The van der Waals surface area contributed by atoms with Crippen molar-refractivity contribution < 1.29 is 9.09 Å². The predicted octanol–water partition coefficient (Wildman–Crippen LogP) is 4.85. The molecule has 3 nitrogen and oxygen atoms in total. The third kappa shape index (κ3) is 5.23. The second kappa shape index (κ2) is 8.33. The Labute approximate surface area is 139 Å². The molecule has 3 rings (SSSR count). The summed E-state index contributed by atoms with van der Waals surface area (Å²) >= 11 is 0. The monoisotopic (exact) mass is 331 g/mol. The van der Waals surface area contributed by atoms with Gasteiger partial charge in [-0.2, -0.15) is 0 Å². The first-order valence-electron chi connectivity index (χ1n) is 8.25. The summed E-state index contributed by atoms with van der Waals surface area (Å²) in [5.74, 6) is 0.672. The van der Waals surface area contributed by atoms with Crippen LogP contribution in [0.5, 0.6) is 5.75 Å². The molecule has 23 heavy (non-hydrogen) atoms. The summed E-state index contributed by atoms with van der Waals surface area (Å²) in [6.45, 7) is 7.65. The summed E-state index contributed by atoms with van der Waals surface area (Å²) in [6, 6.07) is 15.8. The summed E-state index contributed by atoms with van der Waals surface area (Å²) in [5.41, 5.74) is 3.81. The smallest absolute Gasteiger partial charge is 0.249 e. The summed E-state index contributed by atoms with van der Waals surface area (Å²) in [6.07, 6.45) is 1.51. The molecule has 0 saturated carbocycles. The number of para-hydroxylation sites is 1. The van der Waals surface area contributed by atoms with Crippen LogP contribution in [0.4, 0.5) is 0 Å². The van der Waals surface area contributed by atoms with Crippen molar-refractivity contribution in [3.8, 4) is 5.75 Å². The molecule has 1 unspecified atom stereocenters. The molecule has 0 saturated heterocycles. The standard InChI is InChI=1S/C17H20NO2P.C2H6/c1-21(19,20-17-5-3-2-4-6-17)13-14-7-8-16-12-18-10-9-15(16)11-14;1-2/h2-8,11,18H,9-10,12-13H2,1H3;1-2H3. The van der Waals surface area contributed by atoms with Gasteiger partial charge in [-0.25, -0.2) is 0 Å². The molecular weight excluding hydrogens is 305 g/mol. The molecule has 0 spiro atoms. The van der Waals surface area contributed by atoms with Gasteiger partial charge in [-0.1, -0.05) is 50.2 Å². The summed E-state index contributed by atoms with van der Waals surface area (Å²) in [7, 11) is -2.69. The van der Waals surface area contributed by atoms with E-state index in [9.17, 15) is 4.57 Å². The van der Waals surface area contributed by atoms with Crippen molar-refractivity contribution in [3.05, 3.63) is 65.2 Å². The lowest BCUT2D eigenvalue weighted by molar-refractivity contribution is 0.486. The molecule has 1 atom stereocenters. The Kier molecular flexibility index (Phi) is 6.44. The maximum absolute atomic E-state index is 12.7. The number of nitrogens with one attached hydrogen (secondary N) is 1. The van der Waals surface area contributed by atoms with Gasteiger partial charge >= 0.3 is 0 Å². The Morgan fingerprint density at radius 1 is 1.09 bits per heavy atom. The van der Waals surface area contributed by atoms with Crippen molar-refractivity contribution >= 4 is 7.37 Å². The number of hydrogen-bond acceptors (Lipinski definition) is 3. The van der Waals surface area contributed by atoms with Crippen molar-refractivity contribution in [3.63, 3.8) is 0 Å². The fourth-order valence-corrected chi connectivity index (χ4v) is 4.19. The third-order valence-electron chi connectivity index (χ3n) is 3.67. The Hall–Kier alpha value is -1.57. The lowest BCUT2D eigenvalue weighted by atomic mass is 9.99. The van der Waals surface area contributed by atoms with E-state index in [0.29, 0.717) is 11.9 Å². The molecule has 4 heteroatoms. The minimum atomic E-state index is -2.69. The minimum Gasteiger partial charge on any atom is -0.443 e. The molecule has 0 radical (unpaired) electrons. The molecule has 0 amide bonds. The molecule has 124 valence electrons. The Morgan fingerprint density at radius 3 is 2.57 bits per heavy atom. The zero-order chi connectivity index (χ0) is 16.7. The second-order valence-corrected chi connectivity index (χ2v) is 8.13. The summed E-state index contributed by atoms with van der Waals surface area (Å²) < 4.78 is 18.4. The average molecular weight is 331 g/mol. The molecule has 2 aromatic rings. The Morgan fingerprint density at radius 2 is 1.83 bits per heavy atom. The summed E-state index contributed by atoms with van der Waals surface area (Å²) in [4.78, 5) is 0. The van der Waals surface area contributed by atoms with Gasteiger partial charge < -0.3 is 9.84 Å². The van der Waals surface area contributed by atoms with Crippen LogP contribution in [0.3, 0.4) is 0 Å². The van der Waals surface area contributed by atoms with Gasteiger partial charge in [-0.3, -0.25) is 4.57 Å². The fourth-order valence-electron chi connectivity index (χ4n) is 2.70. The highest BCUT2D eigenvalue weighted by Gasteiger charge is 2.19. The highest BCUT2D eigenvalue weighted by molar-refractivity contribution is 7.57. The van der Waals surface area contributed by atoms with Gasteiger partial charge in [0.25, 0.3) is 0 Å². The van der Waals surface area contributed by atoms with Crippen LogP contribution in [0.1, 0.15) is 30.5 Å². The fraction of sp³-hybridized carbons (Fsp3) is 0.368. The van der Waals surface area contributed by atoms with Gasteiger partial charge in [-0.05, 0) is 41.8 Å². The van der Waals surface area contributed by atoms with E-state index in [1.807, 2.05) is 44.2 Å². The van der Waals surface area contributed by atoms with Gasteiger partial charge in [0.1, 0.15) is 5.75 Å². The Balaban J connectivity index is 0.000000924. The summed E-state index contributed by atoms with van der Waals surface area (Å²) in [5, 5.41) is 3.36. The highest BCUT2D eigenvalue weighted by Crippen LogP contribution is 2.46. The SMILES string of the molecule is CC.CP(=O)(Cc1ccc2c(c1)CCNC2)Oc1ccccc1.